The second-order valence-corrected chi connectivity index (χ2v) is 4.50. The Morgan fingerprint density at radius 1 is 1.67 bits per heavy atom. The molecular formula is C8H17N5OS. The number of nitrogens with one attached hydrogen (secondary N) is 3. The zero-order valence-electron chi connectivity index (χ0n) is 9.20. The molecule has 0 saturated heterocycles. The number of nitrogens with zero attached hydrogens (tertiary/aromatic N) is 2. The molecule has 0 unspecified atom stereocenters. The van der Waals surface area contributed by atoms with Crippen molar-refractivity contribution in [2.45, 2.75) is 5.12 Å². The molecule has 6 nitrogen and oxygen atoms in total. The summed E-state index contributed by atoms with van der Waals surface area (Å²) in [5.41, 5.74) is 2.86. The van der Waals surface area contributed by atoms with E-state index in [2.05, 4.69) is 26.1 Å². The first-order chi connectivity index (χ1) is 7.08. The molecule has 0 fully saturated rings. The maximum Gasteiger partial charge on any atom is 0.267 e. The Kier molecular flexibility index (Phi) is 4.37. The molecule has 86 valence electrons. The zero-order chi connectivity index (χ0) is 11.3. The Labute approximate surface area is 93.8 Å². The fraction of sp³-hybridized carbons (Fsp3) is 0.750. The van der Waals surface area contributed by atoms with E-state index >= 15 is 0 Å². The van der Waals surface area contributed by atoms with Crippen LogP contribution in [0.15, 0.2) is 5.10 Å². The van der Waals surface area contributed by atoms with Gasteiger partial charge in [-0.2, -0.15) is 5.10 Å². The Bertz CT molecular complexity index is 257. The van der Waals surface area contributed by atoms with E-state index in [-0.39, 0.29) is 5.91 Å². The molecule has 1 amide bonds. The van der Waals surface area contributed by atoms with Crippen LogP contribution in [-0.2, 0) is 4.79 Å². The predicted molar refractivity (Wildman–Crippen MR) is 62.6 cm³/mol. The van der Waals surface area contributed by atoms with Crippen molar-refractivity contribution in [3.63, 3.8) is 0 Å². The quantitative estimate of drug-likeness (QED) is 0.520. The van der Waals surface area contributed by atoms with E-state index in [0.29, 0.717) is 0 Å². The van der Waals surface area contributed by atoms with Gasteiger partial charge in [0.25, 0.3) is 5.91 Å². The van der Waals surface area contributed by atoms with Gasteiger partial charge in [-0.15, -0.1) is 0 Å². The van der Waals surface area contributed by atoms with E-state index < -0.39 is 5.12 Å². The number of likely N-dealkylation sites (N-methyl/N-ethyl adjacent to an activating group) is 1. The standard InChI is InChI=1S/C8H17N5OS/c1-13(2)5-4-9-8(15-3)11-7(14)6-10-12-8/h6,9,12H,4-5H2,1-3H3,(H,11,14)/t8-/m0/s1. The number of hydrogen-bond donors (Lipinski definition) is 3. The second-order valence-electron chi connectivity index (χ2n) is 3.47. The van der Waals surface area contributed by atoms with Crippen LogP contribution < -0.4 is 16.1 Å². The minimum absolute atomic E-state index is 0.194. The molecule has 15 heavy (non-hydrogen) atoms. The van der Waals surface area contributed by atoms with Crippen LogP contribution in [0.5, 0.6) is 0 Å². The van der Waals surface area contributed by atoms with Gasteiger partial charge in [0, 0.05) is 13.1 Å². The number of hydrazone groups is 1. The van der Waals surface area contributed by atoms with Gasteiger partial charge in [0.15, 0.2) is 0 Å². The smallest absolute Gasteiger partial charge is 0.267 e. The van der Waals surface area contributed by atoms with Gasteiger partial charge in [-0.05, 0) is 20.4 Å². The summed E-state index contributed by atoms with van der Waals surface area (Å²) in [7, 11) is 4.00. The first-order valence-corrected chi connectivity index (χ1v) is 5.88. The van der Waals surface area contributed by atoms with Crippen LogP contribution in [0.3, 0.4) is 0 Å². The molecule has 3 N–H and O–H groups in total. The summed E-state index contributed by atoms with van der Waals surface area (Å²) < 4.78 is 0. The fourth-order valence-corrected chi connectivity index (χ4v) is 1.72. The van der Waals surface area contributed by atoms with Crippen molar-refractivity contribution in [2.75, 3.05) is 33.4 Å². The van der Waals surface area contributed by atoms with E-state index in [1.807, 2.05) is 20.4 Å². The molecule has 0 aromatic heterocycles. The van der Waals surface area contributed by atoms with Crippen LogP contribution in [-0.4, -0.2) is 55.6 Å². The minimum Gasteiger partial charge on any atom is -0.308 e. The third kappa shape index (κ3) is 3.69. The van der Waals surface area contributed by atoms with E-state index in [0.717, 1.165) is 13.1 Å². The summed E-state index contributed by atoms with van der Waals surface area (Å²) in [6.45, 7) is 1.65. The highest BCUT2D eigenvalue weighted by Gasteiger charge is 2.31. The van der Waals surface area contributed by atoms with Gasteiger partial charge >= 0.3 is 0 Å². The summed E-state index contributed by atoms with van der Waals surface area (Å²) in [6.07, 6.45) is 3.12. The number of thioether (sulfide) groups is 1. The maximum absolute atomic E-state index is 11.2. The van der Waals surface area contributed by atoms with Crippen LogP contribution in [0.1, 0.15) is 0 Å². The highest BCUT2D eigenvalue weighted by molar-refractivity contribution is 7.99. The summed E-state index contributed by atoms with van der Waals surface area (Å²) in [4.78, 5) is 13.2. The maximum atomic E-state index is 11.2. The summed E-state index contributed by atoms with van der Waals surface area (Å²) in [5, 5.41) is 9.12. The van der Waals surface area contributed by atoms with Crippen molar-refractivity contribution in [1.82, 2.24) is 21.0 Å². The largest absolute Gasteiger partial charge is 0.308 e. The third-order valence-corrected chi connectivity index (χ3v) is 2.89. The highest BCUT2D eigenvalue weighted by Crippen LogP contribution is 2.13. The van der Waals surface area contributed by atoms with E-state index in [1.165, 1.54) is 18.0 Å². The Balaban J connectivity index is 2.46. The average Bonchev–Trinajstić information content (AvgIpc) is 2.17. The Hall–Kier alpha value is -0.790. The first-order valence-electron chi connectivity index (χ1n) is 4.65. The van der Waals surface area contributed by atoms with E-state index in [4.69, 9.17) is 0 Å². The molecular weight excluding hydrogens is 214 g/mol. The molecule has 1 aliphatic heterocycles. The Morgan fingerprint density at radius 3 is 2.93 bits per heavy atom. The van der Waals surface area contributed by atoms with Crippen molar-refractivity contribution in [2.24, 2.45) is 5.10 Å². The van der Waals surface area contributed by atoms with Crippen LogP contribution >= 0.6 is 11.8 Å². The van der Waals surface area contributed by atoms with Crippen molar-refractivity contribution in [1.29, 1.82) is 0 Å². The highest BCUT2D eigenvalue weighted by atomic mass is 32.2. The van der Waals surface area contributed by atoms with Gasteiger partial charge in [0.1, 0.15) is 6.21 Å². The number of carbonyl (C=O) groups is 1. The van der Waals surface area contributed by atoms with Crippen LogP contribution in [0.2, 0.25) is 0 Å². The lowest BCUT2D eigenvalue weighted by atomic mass is 10.5. The summed E-state index contributed by atoms with van der Waals surface area (Å²) in [6, 6.07) is 0. The van der Waals surface area contributed by atoms with Crippen LogP contribution in [0.4, 0.5) is 0 Å². The van der Waals surface area contributed by atoms with Gasteiger partial charge in [0.2, 0.25) is 5.12 Å². The van der Waals surface area contributed by atoms with Crippen molar-refractivity contribution < 1.29 is 4.79 Å². The first kappa shape index (κ1) is 12.3. The molecule has 0 aromatic rings. The molecule has 1 rings (SSSR count). The summed E-state index contributed by atoms with van der Waals surface area (Å²) >= 11 is 1.46. The van der Waals surface area contributed by atoms with Gasteiger partial charge < -0.3 is 10.2 Å². The van der Waals surface area contributed by atoms with Crippen molar-refractivity contribution in [3.8, 4) is 0 Å². The van der Waals surface area contributed by atoms with E-state index in [9.17, 15) is 4.79 Å². The number of hydrogen-bond acceptors (Lipinski definition) is 6. The van der Waals surface area contributed by atoms with E-state index in [1.54, 1.807) is 0 Å². The molecule has 0 bridgehead atoms. The number of carbonyl (C=O) groups excluding carboxylic acids is 1. The van der Waals surface area contributed by atoms with Crippen molar-refractivity contribution in [3.05, 3.63) is 0 Å². The lowest BCUT2D eigenvalue weighted by molar-refractivity contribution is -0.116. The SMILES string of the molecule is CS[C@]1(NCCN(C)C)NN=CC(=O)N1. The molecule has 1 atom stereocenters. The predicted octanol–water partition coefficient (Wildman–Crippen LogP) is -1.18. The van der Waals surface area contributed by atoms with Gasteiger partial charge in [0.05, 0.1) is 0 Å². The number of amides is 1. The molecule has 7 heteroatoms. The van der Waals surface area contributed by atoms with Gasteiger partial charge in [-0.3, -0.25) is 15.5 Å². The second kappa shape index (κ2) is 5.34. The zero-order valence-corrected chi connectivity index (χ0v) is 10.0. The average molecular weight is 231 g/mol. The molecule has 0 aliphatic carbocycles. The lowest BCUT2D eigenvalue weighted by Gasteiger charge is -2.35. The summed E-state index contributed by atoms with van der Waals surface area (Å²) in [5.74, 6) is -0.194. The molecule has 0 spiro atoms. The normalized spacial score (nSPS) is 25.2. The van der Waals surface area contributed by atoms with Crippen molar-refractivity contribution >= 4 is 23.9 Å². The molecule has 0 saturated carbocycles. The molecule has 1 aliphatic rings. The number of rotatable bonds is 5. The third-order valence-electron chi connectivity index (χ3n) is 1.94. The molecule has 0 aromatic carbocycles. The topological polar surface area (TPSA) is 68.8 Å². The monoisotopic (exact) mass is 231 g/mol. The van der Waals surface area contributed by atoms with Crippen LogP contribution in [0.25, 0.3) is 0 Å². The van der Waals surface area contributed by atoms with Gasteiger partial charge in [-0.25, -0.2) is 0 Å². The molecule has 0 radical (unpaired) electrons. The fourth-order valence-electron chi connectivity index (χ4n) is 1.12. The minimum atomic E-state index is -0.679. The molecule has 1 heterocycles. The van der Waals surface area contributed by atoms with Crippen LogP contribution in [0, 0.1) is 0 Å². The Morgan fingerprint density at radius 2 is 2.40 bits per heavy atom. The van der Waals surface area contributed by atoms with Gasteiger partial charge in [-0.1, -0.05) is 11.8 Å². The lowest BCUT2D eigenvalue weighted by Crippen LogP contribution is -2.67.